The SMILES string of the molecule is CCOc1ccccc1NC(=O)CSc1cccc(NC(=O)/C(=C/c2cccnc2)NC(=O)c2ccccc2)c1. The maximum absolute atomic E-state index is 13.3. The average Bonchev–Trinajstić information content (AvgIpc) is 2.98. The summed E-state index contributed by atoms with van der Waals surface area (Å²) in [4.78, 5) is 43.5. The molecule has 0 aliphatic rings. The van der Waals surface area contributed by atoms with E-state index in [0.717, 1.165) is 4.90 Å². The molecule has 0 unspecified atom stereocenters. The van der Waals surface area contributed by atoms with Crippen molar-refractivity contribution >= 4 is 46.9 Å². The molecule has 0 radical (unpaired) electrons. The molecule has 3 N–H and O–H groups in total. The zero-order valence-corrected chi connectivity index (χ0v) is 22.6. The molecule has 0 saturated heterocycles. The van der Waals surface area contributed by atoms with Crippen LogP contribution < -0.4 is 20.7 Å². The fourth-order valence-electron chi connectivity index (χ4n) is 3.62. The van der Waals surface area contributed by atoms with Gasteiger partial charge >= 0.3 is 0 Å². The molecule has 4 aromatic rings. The van der Waals surface area contributed by atoms with Crippen LogP contribution in [0, 0.1) is 0 Å². The molecule has 0 bridgehead atoms. The first-order chi connectivity index (χ1) is 19.5. The number of nitrogens with zero attached hydrogens (tertiary/aromatic N) is 1. The van der Waals surface area contributed by atoms with E-state index in [4.69, 9.17) is 4.74 Å². The molecule has 0 aliphatic heterocycles. The van der Waals surface area contributed by atoms with Crippen LogP contribution in [0.3, 0.4) is 0 Å². The third kappa shape index (κ3) is 8.31. The van der Waals surface area contributed by atoms with E-state index in [2.05, 4.69) is 20.9 Å². The van der Waals surface area contributed by atoms with Gasteiger partial charge in [-0.2, -0.15) is 0 Å². The molecule has 1 aromatic heterocycles. The van der Waals surface area contributed by atoms with Crippen molar-refractivity contribution in [2.75, 3.05) is 23.0 Å². The van der Waals surface area contributed by atoms with Gasteiger partial charge in [0, 0.05) is 28.5 Å². The summed E-state index contributed by atoms with van der Waals surface area (Å²) in [6, 6.07) is 26.6. The van der Waals surface area contributed by atoms with Crippen molar-refractivity contribution in [2.24, 2.45) is 0 Å². The predicted molar refractivity (Wildman–Crippen MR) is 158 cm³/mol. The highest BCUT2D eigenvalue weighted by molar-refractivity contribution is 8.00. The molecule has 9 heteroatoms. The van der Waals surface area contributed by atoms with Crippen LogP contribution in [0.4, 0.5) is 11.4 Å². The van der Waals surface area contributed by atoms with E-state index >= 15 is 0 Å². The van der Waals surface area contributed by atoms with E-state index in [-0.39, 0.29) is 17.4 Å². The van der Waals surface area contributed by atoms with Gasteiger partial charge in [-0.25, -0.2) is 0 Å². The van der Waals surface area contributed by atoms with Crippen molar-refractivity contribution in [3.63, 3.8) is 0 Å². The maximum atomic E-state index is 13.3. The number of hydrogen-bond acceptors (Lipinski definition) is 6. The minimum absolute atomic E-state index is 0.0623. The number of anilines is 2. The third-order valence-electron chi connectivity index (χ3n) is 5.45. The van der Waals surface area contributed by atoms with Crippen molar-refractivity contribution in [2.45, 2.75) is 11.8 Å². The summed E-state index contributed by atoms with van der Waals surface area (Å²) in [5.74, 6) is -0.316. The molecule has 8 nitrogen and oxygen atoms in total. The van der Waals surface area contributed by atoms with Crippen LogP contribution in [0.15, 0.2) is 114 Å². The summed E-state index contributed by atoms with van der Waals surface area (Å²) in [7, 11) is 0. The summed E-state index contributed by atoms with van der Waals surface area (Å²) in [6.45, 7) is 2.38. The van der Waals surface area contributed by atoms with E-state index in [1.165, 1.54) is 11.8 Å². The molecule has 1 heterocycles. The van der Waals surface area contributed by atoms with Crippen LogP contribution >= 0.6 is 11.8 Å². The highest BCUT2D eigenvalue weighted by Crippen LogP contribution is 2.26. The molecule has 0 saturated carbocycles. The number of carbonyl (C=O) groups is 3. The Labute approximate surface area is 236 Å². The summed E-state index contributed by atoms with van der Waals surface area (Å²) in [6.07, 6.45) is 4.78. The van der Waals surface area contributed by atoms with Crippen molar-refractivity contribution in [1.29, 1.82) is 0 Å². The quantitative estimate of drug-likeness (QED) is 0.165. The second kappa shape index (κ2) is 14.3. The number of amides is 3. The van der Waals surface area contributed by atoms with E-state index in [1.807, 2.05) is 31.2 Å². The Hall–Kier alpha value is -4.89. The van der Waals surface area contributed by atoms with Gasteiger partial charge in [-0.1, -0.05) is 42.5 Å². The minimum Gasteiger partial charge on any atom is -0.492 e. The molecule has 0 aliphatic carbocycles. The predicted octanol–water partition coefficient (Wildman–Crippen LogP) is 5.62. The number of rotatable bonds is 11. The zero-order chi connectivity index (χ0) is 28.2. The number of pyridine rings is 1. The lowest BCUT2D eigenvalue weighted by atomic mass is 10.2. The van der Waals surface area contributed by atoms with Crippen LogP contribution in [0.1, 0.15) is 22.8 Å². The first-order valence-electron chi connectivity index (χ1n) is 12.6. The Morgan fingerprint density at radius 3 is 2.48 bits per heavy atom. The van der Waals surface area contributed by atoms with Crippen LogP contribution in [-0.2, 0) is 9.59 Å². The van der Waals surface area contributed by atoms with Gasteiger partial charge in [0.05, 0.1) is 18.0 Å². The van der Waals surface area contributed by atoms with Gasteiger partial charge in [-0.3, -0.25) is 19.4 Å². The van der Waals surface area contributed by atoms with Gasteiger partial charge in [-0.15, -0.1) is 11.8 Å². The standard InChI is InChI=1S/C31H28N4O4S/c1-2-39-28-16-7-6-15-26(28)34-29(36)21-40-25-14-8-13-24(19-25)33-31(38)27(18-22-10-9-17-32-20-22)35-30(37)23-11-4-3-5-12-23/h3-20H,2,21H2,1H3,(H,33,38)(H,34,36)(H,35,37)/b27-18-. The smallest absolute Gasteiger partial charge is 0.272 e. The molecule has 4 rings (SSSR count). The van der Waals surface area contributed by atoms with Gasteiger partial charge in [0.2, 0.25) is 5.91 Å². The van der Waals surface area contributed by atoms with Gasteiger partial charge < -0.3 is 20.7 Å². The Morgan fingerprint density at radius 2 is 1.70 bits per heavy atom. The van der Waals surface area contributed by atoms with E-state index < -0.39 is 11.8 Å². The van der Waals surface area contributed by atoms with Gasteiger partial charge in [0.1, 0.15) is 11.4 Å². The first-order valence-corrected chi connectivity index (χ1v) is 13.5. The van der Waals surface area contributed by atoms with Gasteiger partial charge in [-0.05, 0) is 67.1 Å². The number of ether oxygens (including phenoxy) is 1. The van der Waals surface area contributed by atoms with Gasteiger partial charge in [0.25, 0.3) is 11.8 Å². The Morgan fingerprint density at radius 1 is 0.900 bits per heavy atom. The lowest BCUT2D eigenvalue weighted by Gasteiger charge is -2.13. The summed E-state index contributed by atoms with van der Waals surface area (Å²) in [5, 5.41) is 8.42. The summed E-state index contributed by atoms with van der Waals surface area (Å²) < 4.78 is 5.56. The molecule has 0 fully saturated rings. The minimum atomic E-state index is -0.499. The van der Waals surface area contributed by atoms with Crippen molar-refractivity contribution in [3.8, 4) is 5.75 Å². The highest BCUT2D eigenvalue weighted by Gasteiger charge is 2.16. The Kier molecular flexibility index (Phi) is 10.1. The van der Waals surface area contributed by atoms with Crippen molar-refractivity contribution in [3.05, 3.63) is 120 Å². The largest absolute Gasteiger partial charge is 0.492 e. The number of benzene rings is 3. The first kappa shape index (κ1) is 28.1. The Bertz CT molecular complexity index is 1490. The number of para-hydroxylation sites is 2. The van der Waals surface area contributed by atoms with Crippen molar-refractivity contribution in [1.82, 2.24) is 10.3 Å². The Balaban J connectivity index is 1.42. The maximum Gasteiger partial charge on any atom is 0.272 e. The van der Waals surface area contributed by atoms with Crippen molar-refractivity contribution < 1.29 is 19.1 Å². The molecule has 202 valence electrons. The molecule has 40 heavy (non-hydrogen) atoms. The van der Waals surface area contributed by atoms with Crippen LogP contribution in [0.25, 0.3) is 6.08 Å². The van der Waals surface area contributed by atoms with Crippen LogP contribution in [0.5, 0.6) is 5.75 Å². The molecule has 0 spiro atoms. The van der Waals surface area contributed by atoms with E-state index in [0.29, 0.717) is 34.9 Å². The fourth-order valence-corrected chi connectivity index (χ4v) is 4.37. The fraction of sp³-hybridized carbons (Fsp3) is 0.0968. The van der Waals surface area contributed by atoms with E-state index in [1.54, 1.807) is 85.2 Å². The number of carbonyl (C=O) groups excluding carboxylic acids is 3. The number of thioether (sulfide) groups is 1. The summed E-state index contributed by atoms with van der Waals surface area (Å²) in [5.41, 5.74) is 2.27. The topological polar surface area (TPSA) is 109 Å². The van der Waals surface area contributed by atoms with E-state index in [9.17, 15) is 14.4 Å². The number of nitrogens with one attached hydrogen (secondary N) is 3. The highest BCUT2D eigenvalue weighted by atomic mass is 32.2. The monoisotopic (exact) mass is 552 g/mol. The zero-order valence-electron chi connectivity index (χ0n) is 21.8. The average molecular weight is 553 g/mol. The second-order valence-electron chi connectivity index (χ2n) is 8.41. The molecular formula is C31H28N4O4S. The molecule has 3 aromatic carbocycles. The van der Waals surface area contributed by atoms with Gasteiger partial charge in [0.15, 0.2) is 0 Å². The summed E-state index contributed by atoms with van der Waals surface area (Å²) >= 11 is 1.33. The van der Waals surface area contributed by atoms with Crippen LogP contribution in [0.2, 0.25) is 0 Å². The third-order valence-corrected chi connectivity index (χ3v) is 6.44. The van der Waals surface area contributed by atoms with Crippen LogP contribution in [-0.4, -0.2) is 35.1 Å². The molecular weight excluding hydrogens is 524 g/mol. The number of aromatic nitrogens is 1. The lowest BCUT2D eigenvalue weighted by Crippen LogP contribution is -2.30. The molecule has 3 amide bonds. The lowest BCUT2D eigenvalue weighted by molar-refractivity contribution is -0.114. The molecule has 0 atom stereocenters. The number of hydrogen-bond donors (Lipinski definition) is 3. The normalized spacial score (nSPS) is 10.9. The second-order valence-corrected chi connectivity index (χ2v) is 9.46.